The maximum absolute atomic E-state index is 11.4. The fourth-order valence-electron chi connectivity index (χ4n) is 2.61. The van der Waals surface area contributed by atoms with Gasteiger partial charge in [-0.1, -0.05) is 83.6 Å². The van der Waals surface area contributed by atoms with Crippen molar-refractivity contribution in [2.75, 3.05) is 0 Å². The molecule has 0 aromatic rings. The van der Waals surface area contributed by atoms with Gasteiger partial charge in [0.2, 0.25) is 5.91 Å². The molecule has 0 rings (SSSR count). The summed E-state index contributed by atoms with van der Waals surface area (Å²) in [6, 6.07) is -0.950. The number of amides is 1. The van der Waals surface area contributed by atoms with E-state index in [9.17, 15) is 14.7 Å². The van der Waals surface area contributed by atoms with Crippen LogP contribution in [0.15, 0.2) is 12.2 Å². The molecule has 1 atom stereocenters. The third-order valence-electron chi connectivity index (χ3n) is 4.21. The van der Waals surface area contributed by atoms with Crippen molar-refractivity contribution >= 4 is 11.9 Å². The summed E-state index contributed by atoms with van der Waals surface area (Å²) in [7, 11) is 0. The first-order chi connectivity index (χ1) is 11.6. The zero-order valence-electron chi connectivity index (χ0n) is 16.6. The first kappa shape index (κ1) is 26.9. The second-order valence-corrected chi connectivity index (χ2v) is 6.63. The molecule has 4 nitrogen and oxygen atoms in total. The smallest absolute Gasteiger partial charge is 0.548 e. The molecule has 0 radical (unpaired) electrons. The van der Waals surface area contributed by atoms with E-state index < -0.39 is 12.0 Å². The quantitative estimate of drug-likeness (QED) is 0.252. The predicted octanol–water partition coefficient (Wildman–Crippen LogP) is 0.892. The van der Waals surface area contributed by atoms with Gasteiger partial charge in [-0.15, -0.1) is 0 Å². The van der Waals surface area contributed by atoms with Gasteiger partial charge in [0.25, 0.3) is 0 Å². The maximum atomic E-state index is 11.4. The molecule has 1 N–H and O–H groups in total. The van der Waals surface area contributed by atoms with Gasteiger partial charge in [0.15, 0.2) is 0 Å². The number of unbranched alkanes of at least 4 members (excludes halogenated alkanes) is 12. The number of hydrogen-bond donors (Lipinski definition) is 1. The molecule has 0 spiro atoms. The van der Waals surface area contributed by atoms with Crippen LogP contribution in [0.3, 0.4) is 0 Å². The number of carbonyl (C=O) groups is 2. The molecule has 0 aliphatic carbocycles. The third-order valence-corrected chi connectivity index (χ3v) is 4.21. The number of nitrogens with one attached hydrogen (secondary N) is 1. The molecule has 0 bridgehead atoms. The van der Waals surface area contributed by atoms with Crippen molar-refractivity contribution in [3.05, 3.63) is 12.2 Å². The van der Waals surface area contributed by atoms with Crippen LogP contribution in [0.25, 0.3) is 0 Å². The van der Waals surface area contributed by atoms with Gasteiger partial charge >= 0.3 is 29.6 Å². The van der Waals surface area contributed by atoms with Crippen LogP contribution in [0, 0.1) is 0 Å². The van der Waals surface area contributed by atoms with Gasteiger partial charge in [0.1, 0.15) is 0 Å². The number of carbonyl (C=O) groups excluding carboxylic acids is 2. The van der Waals surface area contributed by atoms with E-state index in [1.165, 1.54) is 83.6 Å². The van der Waals surface area contributed by atoms with Crippen molar-refractivity contribution in [3.63, 3.8) is 0 Å². The minimum Gasteiger partial charge on any atom is -0.548 e. The van der Waals surface area contributed by atoms with Crippen LogP contribution in [-0.4, -0.2) is 17.9 Å². The van der Waals surface area contributed by atoms with Gasteiger partial charge in [-0.2, -0.15) is 0 Å². The van der Waals surface area contributed by atoms with E-state index in [0.29, 0.717) is 0 Å². The van der Waals surface area contributed by atoms with Crippen molar-refractivity contribution < 1.29 is 44.3 Å². The van der Waals surface area contributed by atoms with E-state index in [1.54, 1.807) is 0 Å². The van der Waals surface area contributed by atoms with Crippen molar-refractivity contribution in [2.24, 2.45) is 0 Å². The molecule has 0 aromatic carbocycles. The first-order valence-corrected chi connectivity index (χ1v) is 9.75. The van der Waals surface area contributed by atoms with Crippen molar-refractivity contribution in [1.82, 2.24) is 5.32 Å². The molecule has 0 fully saturated rings. The van der Waals surface area contributed by atoms with Gasteiger partial charge in [-0.25, -0.2) is 0 Å². The van der Waals surface area contributed by atoms with Crippen molar-refractivity contribution in [3.8, 4) is 0 Å². The molecular weight excluding hydrogens is 325 g/mol. The van der Waals surface area contributed by atoms with Gasteiger partial charge < -0.3 is 15.2 Å². The van der Waals surface area contributed by atoms with E-state index in [4.69, 9.17) is 0 Å². The largest absolute Gasteiger partial charge is 1.00 e. The van der Waals surface area contributed by atoms with Crippen molar-refractivity contribution in [1.29, 1.82) is 0 Å². The molecule has 0 aromatic heterocycles. The Morgan fingerprint density at radius 1 is 0.880 bits per heavy atom. The Hall–Kier alpha value is -0.320. The molecule has 140 valence electrons. The number of hydrogen-bond acceptors (Lipinski definition) is 3. The van der Waals surface area contributed by atoms with E-state index in [1.807, 2.05) is 6.08 Å². The van der Waals surface area contributed by atoms with Crippen LogP contribution in [0.5, 0.6) is 0 Å². The average molecular weight is 362 g/mol. The number of aliphatic carboxylic acids is 1. The van der Waals surface area contributed by atoms with Crippen LogP contribution in [-0.2, 0) is 9.59 Å². The van der Waals surface area contributed by atoms with Crippen LogP contribution < -0.4 is 40.0 Å². The zero-order valence-corrected chi connectivity index (χ0v) is 18.6. The van der Waals surface area contributed by atoms with Gasteiger partial charge in [0.05, 0.1) is 12.0 Å². The van der Waals surface area contributed by atoms with Crippen LogP contribution >= 0.6 is 0 Å². The first-order valence-electron chi connectivity index (χ1n) is 9.75. The fourth-order valence-corrected chi connectivity index (χ4v) is 2.61. The normalized spacial score (nSPS) is 11.9. The SMILES string of the molecule is CCCCCCCCCCCCCCC=CC(=O)N[C@@H](C)C(=O)[O-].[Na+]. The summed E-state index contributed by atoms with van der Waals surface area (Å²) < 4.78 is 0. The maximum Gasteiger partial charge on any atom is 1.00 e. The fraction of sp³-hybridized carbons (Fsp3) is 0.800. The molecule has 1 amide bonds. The number of carboxylic acid groups (broad SMARTS) is 1. The Kier molecular flexibility index (Phi) is 21.5. The molecule has 0 saturated carbocycles. The molecule has 5 heteroatoms. The molecule has 0 unspecified atom stereocenters. The molecule has 0 aliphatic heterocycles. The predicted molar refractivity (Wildman–Crippen MR) is 97.4 cm³/mol. The van der Waals surface area contributed by atoms with Gasteiger partial charge in [0, 0.05) is 0 Å². The Morgan fingerprint density at radius 2 is 1.32 bits per heavy atom. The second kappa shape index (κ2) is 20.0. The average Bonchev–Trinajstić information content (AvgIpc) is 2.55. The van der Waals surface area contributed by atoms with Gasteiger partial charge in [-0.3, -0.25) is 4.79 Å². The summed E-state index contributed by atoms with van der Waals surface area (Å²) in [6.07, 6.45) is 19.9. The standard InChI is InChI=1S/C20H37NO3.Na/c1-3-4-5-6-7-8-9-10-11-12-13-14-15-16-17-19(22)21-18(2)20(23)24;/h16-18H,3-15H2,1-2H3,(H,21,22)(H,23,24);/q;+1/p-1/t18-;/m0./s1. The van der Waals surface area contributed by atoms with E-state index in [2.05, 4.69) is 12.2 Å². The second-order valence-electron chi connectivity index (χ2n) is 6.63. The summed E-state index contributed by atoms with van der Waals surface area (Å²) in [5.74, 6) is -1.64. The Morgan fingerprint density at radius 3 is 1.76 bits per heavy atom. The summed E-state index contributed by atoms with van der Waals surface area (Å²) in [5, 5.41) is 12.8. The minimum absolute atomic E-state index is 0. The number of allylic oxidation sites excluding steroid dienone is 1. The van der Waals surface area contributed by atoms with E-state index >= 15 is 0 Å². The molecule has 0 heterocycles. The molecule has 0 saturated heterocycles. The van der Waals surface area contributed by atoms with Crippen molar-refractivity contribution in [2.45, 2.75) is 103 Å². The van der Waals surface area contributed by atoms with Gasteiger partial charge in [-0.05, 0) is 25.8 Å². The molecule has 0 aliphatic rings. The van der Waals surface area contributed by atoms with E-state index in [0.717, 1.165) is 12.8 Å². The van der Waals surface area contributed by atoms with E-state index in [-0.39, 0.29) is 35.5 Å². The summed E-state index contributed by atoms with van der Waals surface area (Å²) in [5.41, 5.74) is 0. The summed E-state index contributed by atoms with van der Waals surface area (Å²) in [6.45, 7) is 3.65. The topological polar surface area (TPSA) is 69.2 Å². The summed E-state index contributed by atoms with van der Waals surface area (Å²) >= 11 is 0. The Labute approximate surface area is 176 Å². The zero-order chi connectivity index (χ0) is 18.0. The monoisotopic (exact) mass is 361 g/mol. The third kappa shape index (κ3) is 19.8. The Bertz CT molecular complexity index is 359. The summed E-state index contributed by atoms with van der Waals surface area (Å²) in [4.78, 5) is 21.9. The minimum atomic E-state index is -1.27. The molecule has 25 heavy (non-hydrogen) atoms. The Balaban J connectivity index is 0. The van der Waals surface area contributed by atoms with Crippen LogP contribution in [0.4, 0.5) is 0 Å². The van der Waals surface area contributed by atoms with Crippen LogP contribution in [0.1, 0.15) is 97.3 Å². The number of carboxylic acids is 1. The molecular formula is C20H36NNaO3. The van der Waals surface area contributed by atoms with Crippen LogP contribution in [0.2, 0.25) is 0 Å². The number of rotatable bonds is 16.